The minimum atomic E-state index is -0.839. The largest absolute Gasteiger partial charge is 0.481 e. The summed E-state index contributed by atoms with van der Waals surface area (Å²) in [5, 5.41) is 11.7. The molecule has 4 nitrogen and oxygen atoms in total. The summed E-state index contributed by atoms with van der Waals surface area (Å²) in [6.45, 7) is 7.28. The van der Waals surface area contributed by atoms with Gasteiger partial charge in [0, 0.05) is 6.54 Å². The van der Waals surface area contributed by atoms with Gasteiger partial charge >= 0.3 is 5.97 Å². The Morgan fingerprint density at radius 2 is 1.78 bits per heavy atom. The average Bonchev–Trinajstić information content (AvgIpc) is 2.12. The highest BCUT2D eigenvalue weighted by molar-refractivity contribution is 5.86. The summed E-state index contributed by atoms with van der Waals surface area (Å²) in [6, 6.07) is 0. The van der Waals surface area contributed by atoms with Crippen LogP contribution >= 0.6 is 0 Å². The van der Waals surface area contributed by atoms with Crippen molar-refractivity contribution in [1.82, 2.24) is 5.32 Å². The van der Waals surface area contributed by atoms with Crippen LogP contribution in [0.4, 0.5) is 0 Å². The van der Waals surface area contributed by atoms with Gasteiger partial charge in [-0.25, -0.2) is 0 Å². The lowest BCUT2D eigenvalue weighted by molar-refractivity contribution is -0.152. The molecule has 104 valence electrons. The Kier molecular flexibility index (Phi) is 5.17. The van der Waals surface area contributed by atoms with Gasteiger partial charge in [0.1, 0.15) is 0 Å². The van der Waals surface area contributed by atoms with Crippen LogP contribution in [0.1, 0.15) is 52.9 Å². The first-order valence-corrected chi connectivity index (χ1v) is 6.82. The van der Waals surface area contributed by atoms with Crippen LogP contribution in [0.25, 0.3) is 0 Å². The molecule has 1 fully saturated rings. The zero-order chi connectivity index (χ0) is 13.8. The highest BCUT2D eigenvalue weighted by atomic mass is 16.4. The summed E-state index contributed by atoms with van der Waals surface area (Å²) in [5.41, 5.74) is 0.340. The highest BCUT2D eigenvalue weighted by Gasteiger charge is 2.41. The van der Waals surface area contributed by atoms with Crippen molar-refractivity contribution in [3.8, 4) is 0 Å². The third kappa shape index (κ3) is 4.67. The molecule has 1 aliphatic carbocycles. The van der Waals surface area contributed by atoms with Crippen LogP contribution in [0.2, 0.25) is 0 Å². The third-order valence-electron chi connectivity index (χ3n) is 3.58. The molecule has 0 heterocycles. The molecule has 0 aromatic rings. The highest BCUT2D eigenvalue weighted by Crippen LogP contribution is 2.34. The maximum Gasteiger partial charge on any atom is 0.307 e. The van der Waals surface area contributed by atoms with Crippen LogP contribution < -0.4 is 5.32 Å². The fourth-order valence-electron chi connectivity index (χ4n) is 2.23. The average molecular weight is 255 g/mol. The predicted molar refractivity (Wildman–Crippen MR) is 70.2 cm³/mol. The van der Waals surface area contributed by atoms with E-state index in [1.807, 2.05) is 0 Å². The monoisotopic (exact) mass is 255 g/mol. The molecule has 0 radical (unpaired) electrons. The normalized spacial score (nSPS) is 23.3. The Labute approximate surface area is 109 Å². The lowest BCUT2D eigenvalue weighted by Gasteiger charge is -2.31. The fourth-order valence-corrected chi connectivity index (χ4v) is 2.23. The summed E-state index contributed by atoms with van der Waals surface area (Å²) in [5.74, 6) is -1.68. The van der Waals surface area contributed by atoms with Crippen LogP contribution in [0.3, 0.4) is 0 Å². The van der Waals surface area contributed by atoms with E-state index in [0.717, 1.165) is 19.3 Å². The van der Waals surface area contributed by atoms with Gasteiger partial charge in [-0.3, -0.25) is 9.59 Å². The van der Waals surface area contributed by atoms with Crippen LogP contribution in [0, 0.1) is 17.3 Å². The minimum Gasteiger partial charge on any atom is -0.481 e. The molecule has 0 spiro atoms. The minimum absolute atomic E-state index is 0.0793. The number of hydrogen-bond donors (Lipinski definition) is 2. The van der Waals surface area contributed by atoms with E-state index < -0.39 is 11.9 Å². The molecular weight excluding hydrogens is 230 g/mol. The van der Waals surface area contributed by atoms with Crippen molar-refractivity contribution in [1.29, 1.82) is 0 Å². The molecule has 1 saturated carbocycles. The molecule has 18 heavy (non-hydrogen) atoms. The van der Waals surface area contributed by atoms with Gasteiger partial charge in [-0.15, -0.1) is 0 Å². The van der Waals surface area contributed by atoms with E-state index in [1.165, 1.54) is 0 Å². The van der Waals surface area contributed by atoms with Gasteiger partial charge in [0.2, 0.25) is 5.91 Å². The van der Waals surface area contributed by atoms with Gasteiger partial charge in [0.25, 0.3) is 0 Å². The first-order valence-electron chi connectivity index (χ1n) is 6.82. The van der Waals surface area contributed by atoms with Crippen LogP contribution in [0.15, 0.2) is 0 Å². The number of aliphatic carboxylic acids is 1. The zero-order valence-corrected chi connectivity index (χ0v) is 11.7. The summed E-state index contributed by atoms with van der Waals surface area (Å²) in [4.78, 5) is 22.5. The van der Waals surface area contributed by atoms with Crippen LogP contribution in [0.5, 0.6) is 0 Å². The maximum absolute atomic E-state index is 11.7. The predicted octanol–water partition coefficient (Wildman–Crippen LogP) is 2.43. The fraction of sp³-hybridized carbons (Fsp3) is 0.857. The number of carboxylic acid groups (broad SMARTS) is 1. The number of nitrogens with one attached hydrogen (secondary N) is 1. The zero-order valence-electron chi connectivity index (χ0n) is 11.7. The molecule has 2 N–H and O–H groups in total. The van der Waals surface area contributed by atoms with Gasteiger partial charge in [0.15, 0.2) is 0 Å². The number of hydrogen-bond acceptors (Lipinski definition) is 2. The molecule has 0 bridgehead atoms. The number of unbranched alkanes of at least 4 members (excludes halogenated alkanes) is 1. The van der Waals surface area contributed by atoms with Crippen molar-refractivity contribution in [3.63, 3.8) is 0 Å². The Bertz CT molecular complexity index is 307. The molecule has 2 atom stereocenters. The van der Waals surface area contributed by atoms with Crippen LogP contribution in [-0.4, -0.2) is 23.5 Å². The SMILES string of the molecule is CC(C)(C)CCCCNC(=O)C1CCC1C(=O)O. The van der Waals surface area contributed by atoms with Crippen molar-refractivity contribution in [2.45, 2.75) is 52.9 Å². The third-order valence-corrected chi connectivity index (χ3v) is 3.58. The second kappa shape index (κ2) is 6.21. The van der Waals surface area contributed by atoms with Gasteiger partial charge in [-0.2, -0.15) is 0 Å². The van der Waals surface area contributed by atoms with Gasteiger partial charge in [-0.05, 0) is 31.1 Å². The van der Waals surface area contributed by atoms with Crippen molar-refractivity contribution < 1.29 is 14.7 Å². The second-order valence-corrected chi connectivity index (χ2v) is 6.44. The van der Waals surface area contributed by atoms with Crippen molar-refractivity contribution >= 4 is 11.9 Å². The molecule has 4 heteroatoms. The van der Waals surface area contributed by atoms with E-state index in [-0.39, 0.29) is 11.8 Å². The van der Waals surface area contributed by atoms with E-state index >= 15 is 0 Å². The summed E-state index contributed by atoms with van der Waals surface area (Å²) in [7, 11) is 0. The van der Waals surface area contributed by atoms with E-state index in [0.29, 0.717) is 24.8 Å². The number of rotatable bonds is 6. The first kappa shape index (κ1) is 15.0. The molecule has 0 saturated heterocycles. The van der Waals surface area contributed by atoms with E-state index in [9.17, 15) is 9.59 Å². The Balaban J connectivity index is 2.13. The molecule has 1 rings (SSSR count). The van der Waals surface area contributed by atoms with E-state index in [2.05, 4.69) is 26.1 Å². The summed E-state index contributed by atoms with van der Waals surface area (Å²) in [6.07, 6.45) is 4.55. The van der Waals surface area contributed by atoms with Crippen molar-refractivity contribution in [2.75, 3.05) is 6.54 Å². The topological polar surface area (TPSA) is 66.4 Å². The van der Waals surface area contributed by atoms with E-state index in [4.69, 9.17) is 5.11 Å². The Morgan fingerprint density at radius 1 is 1.17 bits per heavy atom. The number of carbonyl (C=O) groups is 2. The molecule has 1 amide bonds. The molecule has 1 aliphatic rings. The molecule has 2 unspecified atom stereocenters. The standard InChI is InChI=1S/C14H25NO3/c1-14(2,3)8-4-5-9-15-12(16)10-6-7-11(10)13(17)18/h10-11H,4-9H2,1-3H3,(H,15,16)(H,17,18). The molecule has 0 aromatic heterocycles. The van der Waals surface area contributed by atoms with Gasteiger partial charge in [-0.1, -0.05) is 27.2 Å². The molecule has 0 aromatic carbocycles. The van der Waals surface area contributed by atoms with E-state index in [1.54, 1.807) is 0 Å². The maximum atomic E-state index is 11.7. The van der Waals surface area contributed by atoms with Crippen molar-refractivity contribution in [2.24, 2.45) is 17.3 Å². The number of carboxylic acids is 1. The smallest absolute Gasteiger partial charge is 0.307 e. The summed E-state index contributed by atoms with van der Waals surface area (Å²) >= 11 is 0. The number of amides is 1. The Morgan fingerprint density at radius 3 is 2.22 bits per heavy atom. The summed E-state index contributed by atoms with van der Waals surface area (Å²) < 4.78 is 0. The quantitative estimate of drug-likeness (QED) is 0.716. The number of carbonyl (C=O) groups excluding carboxylic acids is 1. The Hall–Kier alpha value is -1.06. The second-order valence-electron chi connectivity index (χ2n) is 6.44. The molecule has 0 aliphatic heterocycles. The molecular formula is C14H25NO3. The first-order chi connectivity index (χ1) is 8.31. The van der Waals surface area contributed by atoms with Gasteiger partial charge in [0.05, 0.1) is 11.8 Å². The lowest BCUT2D eigenvalue weighted by Crippen LogP contribution is -2.44. The van der Waals surface area contributed by atoms with Gasteiger partial charge < -0.3 is 10.4 Å². The van der Waals surface area contributed by atoms with Crippen LogP contribution in [-0.2, 0) is 9.59 Å². The lowest BCUT2D eigenvalue weighted by atomic mass is 9.73. The van der Waals surface area contributed by atoms with Crippen molar-refractivity contribution in [3.05, 3.63) is 0 Å².